The molecule has 1 aliphatic heterocycles. The van der Waals surface area contributed by atoms with Crippen molar-refractivity contribution in [2.75, 3.05) is 67.4 Å². The van der Waals surface area contributed by atoms with Crippen molar-refractivity contribution >= 4 is 50.8 Å². The van der Waals surface area contributed by atoms with Crippen LogP contribution in [0.2, 0.25) is 0 Å². The first-order valence-corrected chi connectivity index (χ1v) is 15.2. The number of rotatable bonds is 3. The molecule has 1 fully saturated rings. The van der Waals surface area contributed by atoms with Gasteiger partial charge in [-0.2, -0.15) is 23.5 Å². The third kappa shape index (κ3) is 6.77. The van der Waals surface area contributed by atoms with E-state index in [2.05, 4.69) is 83.8 Å². The largest absolute Gasteiger partial charge is 0.378 e. The lowest BCUT2D eigenvalue weighted by Gasteiger charge is -2.25. The predicted octanol–water partition coefficient (Wildman–Crippen LogP) is 6.90. The van der Waals surface area contributed by atoms with Crippen LogP contribution in [-0.4, -0.2) is 62.5 Å². The van der Waals surface area contributed by atoms with Crippen LogP contribution in [0.3, 0.4) is 0 Å². The number of hydrogen-bond acceptors (Lipinski definition) is 5. The maximum absolute atomic E-state index is 5.67. The number of hydrogen-bond donors (Lipinski definition) is 0. The van der Waals surface area contributed by atoms with Gasteiger partial charge in [0, 0.05) is 41.8 Å². The van der Waals surface area contributed by atoms with E-state index in [4.69, 9.17) is 9.47 Å². The lowest BCUT2D eigenvalue weighted by atomic mass is 9.92. The maximum Gasteiger partial charge on any atom is 0.0700 e. The zero-order valence-electron chi connectivity index (χ0n) is 20.9. The molecule has 3 nitrogen and oxygen atoms in total. The van der Waals surface area contributed by atoms with E-state index < -0.39 is 0 Å². The third-order valence-electron chi connectivity index (χ3n) is 6.69. The van der Waals surface area contributed by atoms with Crippen molar-refractivity contribution in [3.63, 3.8) is 0 Å². The summed E-state index contributed by atoms with van der Waals surface area (Å²) < 4.78 is 11.3. The molecule has 4 aromatic carbocycles. The van der Waals surface area contributed by atoms with Crippen LogP contribution >= 0.6 is 23.5 Å². The summed E-state index contributed by atoms with van der Waals surface area (Å²) in [7, 11) is 0. The van der Waals surface area contributed by atoms with E-state index >= 15 is 0 Å². The molecule has 0 spiro atoms. The fraction of sp³-hybridized carbons (Fsp3) is 0.355. The van der Waals surface area contributed by atoms with E-state index in [1.54, 1.807) is 0 Å². The molecule has 1 saturated heterocycles. The molecule has 0 bridgehead atoms. The molecule has 0 saturated carbocycles. The Balaban J connectivity index is 1.32. The molecule has 1 aliphatic rings. The molecule has 5 heteroatoms. The molecule has 1 heterocycles. The van der Waals surface area contributed by atoms with Crippen LogP contribution in [0.1, 0.15) is 11.1 Å². The summed E-state index contributed by atoms with van der Waals surface area (Å²) in [6.07, 6.45) is 0.938. The first-order chi connectivity index (χ1) is 17.9. The van der Waals surface area contributed by atoms with Crippen molar-refractivity contribution in [3.8, 4) is 0 Å². The van der Waals surface area contributed by atoms with Crippen molar-refractivity contribution in [1.82, 2.24) is 0 Å². The smallest absolute Gasteiger partial charge is 0.0700 e. The fourth-order valence-electron chi connectivity index (χ4n) is 4.81. The van der Waals surface area contributed by atoms with Crippen LogP contribution in [0.25, 0.3) is 21.5 Å². The minimum atomic E-state index is 0.707. The average Bonchev–Trinajstić information content (AvgIpc) is 2.93. The van der Waals surface area contributed by atoms with Gasteiger partial charge in [0.15, 0.2) is 0 Å². The lowest BCUT2D eigenvalue weighted by molar-refractivity contribution is 0.0605. The van der Waals surface area contributed by atoms with Gasteiger partial charge in [0.1, 0.15) is 0 Å². The summed E-state index contributed by atoms with van der Waals surface area (Å²) >= 11 is 3.95. The van der Waals surface area contributed by atoms with Gasteiger partial charge >= 0.3 is 0 Å². The maximum atomic E-state index is 5.67. The Hall–Kier alpha value is -2.18. The molecule has 4 aromatic rings. The van der Waals surface area contributed by atoms with E-state index in [1.165, 1.54) is 38.4 Å². The van der Waals surface area contributed by atoms with Gasteiger partial charge in [0.05, 0.1) is 26.4 Å². The number of fused-ring (bicyclic) bond motifs is 2. The number of benzene rings is 4. The first-order valence-electron chi connectivity index (χ1n) is 12.9. The molecule has 0 aliphatic carbocycles. The van der Waals surface area contributed by atoms with E-state index in [0.29, 0.717) is 13.2 Å². The third-order valence-corrected chi connectivity index (χ3v) is 8.55. The molecule has 0 atom stereocenters. The summed E-state index contributed by atoms with van der Waals surface area (Å²) in [5.74, 6) is 4.32. The Labute approximate surface area is 223 Å². The van der Waals surface area contributed by atoms with Gasteiger partial charge in [-0.05, 0) is 57.3 Å². The standard InChI is InChI=1S/C31H35NO2S2/c1-3-7-29-26(5-1)24-27-6-2-4-8-30(27)31(29)23-25-9-11-28(12-10-25)32-13-19-35-21-17-33-15-16-34-18-22-36-20-14-32/h1-12,24H,13-23H2. The van der Waals surface area contributed by atoms with E-state index in [1.807, 2.05) is 23.5 Å². The topological polar surface area (TPSA) is 21.7 Å². The summed E-state index contributed by atoms with van der Waals surface area (Å²) in [6, 6.07) is 29.1. The van der Waals surface area contributed by atoms with Crippen molar-refractivity contribution in [1.29, 1.82) is 0 Å². The highest BCUT2D eigenvalue weighted by Crippen LogP contribution is 2.31. The normalized spacial score (nSPS) is 17.1. The van der Waals surface area contributed by atoms with Gasteiger partial charge in [0.25, 0.3) is 0 Å². The fourth-order valence-corrected chi connectivity index (χ4v) is 6.39. The van der Waals surface area contributed by atoms with Gasteiger partial charge < -0.3 is 14.4 Å². The van der Waals surface area contributed by atoms with E-state index in [9.17, 15) is 0 Å². The Morgan fingerprint density at radius 3 is 1.75 bits per heavy atom. The van der Waals surface area contributed by atoms with Crippen LogP contribution in [0, 0.1) is 0 Å². The zero-order valence-corrected chi connectivity index (χ0v) is 22.5. The predicted molar refractivity (Wildman–Crippen MR) is 159 cm³/mol. The van der Waals surface area contributed by atoms with E-state index in [0.717, 1.165) is 55.7 Å². The monoisotopic (exact) mass is 517 g/mol. The number of nitrogens with zero attached hydrogens (tertiary/aromatic N) is 1. The number of anilines is 1. The van der Waals surface area contributed by atoms with Gasteiger partial charge in [-0.15, -0.1) is 0 Å². The van der Waals surface area contributed by atoms with Gasteiger partial charge in [-0.25, -0.2) is 0 Å². The summed E-state index contributed by atoms with van der Waals surface area (Å²) in [6.45, 7) is 5.15. The lowest BCUT2D eigenvalue weighted by Crippen LogP contribution is -2.28. The Kier molecular flexibility index (Phi) is 9.47. The highest BCUT2D eigenvalue weighted by Gasteiger charge is 2.11. The molecular formula is C31H35NO2S2. The molecular weight excluding hydrogens is 482 g/mol. The highest BCUT2D eigenvalue weighted by atomic mass is 32.2. The van der Waals surface area contributed by atoms with Crippen molar-refractivity contribution < 1.29 is 9.47 Å². The highest BCUT2D eigenvalue weighted by molar-refractivity contribution is 7.99. The van der Waals surface area contributed by atoms with Crippen LogP contribution < -0.4 is 4.90 Å². The molecule has 0 unspecified atom stereocenters. The van der Waals surface area contributed by atoms with Crippen LogP contribution in [0.5, 0.6) is 0 Å². The molecule has 0 amide bonds. The molecule has 0 N–H and O–H groups in total. The van der Waals surface area contributed by atoms with Crippen molar-refractivity contribution in [2.45, 2.75) is 6.42 Å². The second kappa shape index (κ2) is 13.4. The number of ether oxygens (including phenoxy) is 2. The Bertz CT molecular complexity index is 1170. The molecule has 0 aromatic heterocycles. The van der Waals surface area contributed by atoms with Gasteiger partial charge in [-0.1, -0.05) is 60.7 Å². The SMILES string of the molecule is c1ccc2c(Cc3ccc(N4CCSCCOCCOCCSCC4)cc3)c3ccccc3cc2c1. The molecule has 5 rings (SSSR count). The van der Waals surface area contributed by atoms with Gasteiger partial charge in [0.2, 0.25) is 0 Å². The molecule has 36 heavy (non-hydrogen) atoms. The minimum Gasteiger partial charge on any atom is -0.378 e. The Morgan fingerprint density at radius 2 is 1.17 bits per heavy atom. The van der Waals surface area contributed by atoms with E-state index in [-0.39, 0.29) is 0 Å². The van der Waals surface area contributed by atoms with Crippen molar-refractivity contribution in [2.24, 2.45) is 0 Å². The summed E-state index contributed by atoms with van der Waals surface area (Å²) in [5.41, 5.74) is 4.10. The summed E-state index contributed by atoms with van der Waals surface area (Å²) in [4.78, 5) is 2.54. The first kappa shape index (κ1) is 25.5. The van der Waals surface area contributed by atoms with Gasteiger partial charge in [-0.3, -0.25) is 0 Å². The Morgan fingerprint density at radius 1 is 0.611 bits per heavy atom. The van der Waals surface area contributed by atoms with Crippen LogP contribution in [0.15, 0.2) is 78.9 Å². The quantitative estimate of drug-likeness (QED) is 0.275. The second-order valence-corrected chi connectivity index (χ2v) is 11.5. The minimum absolute atomic E-state index is 0.707. The average molecular weight is 518 g/mol. The number of thioether (sulfide) groups is 2. The zero-order chi connectivity index (χ0) is 24.4. The second-order valence-electron chi connectivity index (χ2n) is 9.08. The molecule has 188 valence electrons. The van der Waals surface area contributed by atoms with Crippen LogP contribution in [-0.2, 0) is 15.9 Å². The molecule has 0 radical (unpaired) electrons. The van der Waals surface area contributed by atoms with Crippen molar-refractivity contribution in [3.05, 3.63) is 90.0 Å². The summed E-state index contributed by atoms with van der Waals surface area (Å²) in [5, 5.41) is 5.34. The van der Waals surface area contributed by atoms with Crippen LogP contribution in [0.4, 0.5) is 5.69 Å².